The minimum Gasteiger partial charge on any atom is -0.466 e. The van der Waals surface area contributed by atoms with E-state index in [1.165, 1.54) is 0 Å². The van der Waals surface area contributed by atoms with Crippen LogP contribution >= 0.6 is 15.9 Å². The number of morpholine rings is 1. The first-order valence-corrected chi connectivity index (χ1v) is 12.8. The third-order valence-electron chi connectivity index (χ3n) is 7.23. The molecule has 6 atom stereocenters. The molecule has 0 aromatic carbocycles. The maximum Gasteiger partial charge on any atom is 0.312 e. The van der Waals surface area contributed by atoms with Crippen LogP contribution in [0.2, 0.25) is 0 Å². The molecule has 33 heavy (non-hydrogen) atoms. The lowest BCUT2D eigenvalue weighted by Gasteiger charge is -2.34. The second-order valence-corrected chi connectivity index (χ2v) is 10.3. The first-order chi connectivity index (χ1) is 15.9. The van der Waals surface area contributed by atoms with E-state index in [0.717, 1.165) is 13.1 Å². The highest BCUT2D eigenvalue weighted by molar-refractivity contribution is 9.09. The van der Waals surface area contributed by atoms with E-state index >= 15 is 0 Å². The highest BCUT2D eigenvalue weighted by Gasteiger charge is 2.76. The SMILES string of the molecule is CCOC(=O)[C@H]1[C@@H]2O[C@@]3(CC2Br)[C@@H]1C(=O)N(CCCCO)[C@@H]3C(=O)NCCN1CCOCC1. The molecule has 1 unspecified atom stereocenters. The van der Waals surface area contributed by atoms with Crippen molar-refractivity contribution in [1.82, 2.24) is 15.1 Å². The van der Waals surface area contributed by atoms with Gasteiger partial charge in [-0.05, 0) is 26.2 Å². The number of carbonyl (C=O) groups excluding carboxylic acids is 3. The van der Waals surface area contributed by atoms with Gasteiger partial charge >= 0.3 is 5.97 Å². The molecule has 2 N–H and O–H groups in total. The van der Waals surface area contributed by atoms with Gasteiger partial charge in [0.25, 0.3) is 0 Å². The van der Waals surface area contributed by atoms with Gasteiger partial charge in [0.2, 0.25) is 11.8 Å². The highest BCUT2D eigenvalue weighted by Crippen LogP contribution is 2.60. The van der Waals surface area contributed by atoms with Crippen LogP contribution in [0.5, 0.6) is 0 Å². The van der Waals surface area contributed by atoms with Gasteiger partial charge in [0.05, 0.1) is 37.8 Å². The molecule has 2 bridgehead atoms. The van der Waals surface area contributed by atoms with E-state index in [1.54, 1.807) is 11.8 Å². The largest absolute Gasteiger partial charge is 0.466 e. The van der Waals surface area contributed by atoms with Gasteiger partial charge in [-0.15, -0.1) is 0 Å². The number of aliphatic hydroxyl groups excluding tert-OH is 1. The van der Waals surface area contributed by atoms with Crippen LogP contribution in [0.25, 0.3) is 0 Å². The number of amides is 2. The molecule has 0 aromatic rings. The topological polar surface area (TPSA) is 118 Å². The fraction of sp³-hybridized carbons (Fsp3) is 0.864. The van der Waals surface area contributed by atoms with E-state index in [2.05, 4.69) is 26.1 Å². The first-order valence-electron chi connectivity index (χ1n) is 11.9. The third-order valence-corrected chi connectivity index (χ3v) is 8.08. The van der Waals surface area contributed by atoms with Gasteiger partial charge in [0.1, 0.15) is 11.6 Å². The first kappa shape index (κ1) is 24.8. The Labute approximate surface area is 202 Å². The molecule has 4 aliphatic rings. The van der Waals surface area contributed by atoms with Gasteiger partial charge in [-0.2, -0.15) is 0 Å². The van der Waals surface area contributed by atoms with E-state index in [-0.39, 0.29) is 29.9 Å². The van der Waals surface area contributed by atoms with Crippen molar-refractivity contribution in [2.75, 3.05) is 59.2 Å². The van der Waals surface area contributed by atoms with Crippen molar-refractivity contribution >= 4 is 33.7 Å². The monoisotopic (exact) mass is 531 g/mol. The average Bonchev–Trinajstić information content (AvgIpc) is 3.38. The maximum absolute atomic E-state index is 13.6. The number of fused-ring (bicyclic) bond motifs is 1. The summed E-state index contributed by atoms with van der Waals surface area (Å²) in [5.41, 5.74) is -1.06. The van der Waals surface area contributed by atoms with Crippen LogP contribution in [0.3, 0.4) is 0 Å². The lowest BCUT2D eigenvalue weighted by atomic mass is 9.70. The Morgan fingerprint density at radius 2 is 2.03 bits per heavy atom. The number of carbonyl (C=O) groups is 3. The van der Waals surface area contributed by atoms with Crippen LogP contribution in [-0.2, 0) is 28.6 Å². The number of esters is 1. The predicted octanol–water partition coefficient (Wildman–Crippen LogP) is -0.482. The molecule has 0 aromatic heterocycles. The van der Waals surface area contributed by atoms with Crippen molar-refractivity contribution in [2.24, 2.45) is 11.8 Å². The Kier molecular flexibility index (Phi) is 7.95. The summed E-state index contributed by atoms with van der Waals surface area (Å²) in [7, 11) is 0. The Morgan fingerprint density at radius 3 is 2.73 bits per heavy atom. The molecule has 0 aliphatic carbocycles. The van der Waals surface area contributed by atoms with Crippen molar-refractivity contribution in [3.63, 3.8) is 0 Å². The Bertz CT molecular complexity index is 750. The zero-order valence-corrected chi connectivity index (χ0v) is 20.6. The van der Waals surface area contributed by atoms with Crippen molar-refractivity contribution < 1.29 is 33.7 Å². The molecule has 11 heteroatoms. The molecule has 4 heterocycles. The number of aliphatic hydroxyl groups is 1. The molecule has 1 spiro atoms. The van der Waals surface area contributed by atoms with Gasteiger partial charge in [0, 0.05) is 44.2 Å². The van der Waals surface area contributed by atoms with Crippen LogP contribution < -0.4 is 5.32 Å². The van der Waals surface area contributed by atoms with E-state index in [1.807, 2.05) is 0 Å². The number of halogens is 1. The Hall–Kier alpha value is -1.27. The Balaban J connectivity index is 1.54. The Morgan fingerprint density at radius 1 is 1.27 bits per heavy atom. The molecule has 10 nitrogen and oxygen atoms in total. The summed E-state index contributed by atoms with van der Waals surface area (Å²) in [6.45, 7) is 6.48. The number of unbranched alkanes of at least 4 members (excludes halogenated alkanes) is 1. The highest BCUT2D eigenvalue weighted by atomic mass is 79.9. The second kappa shape index (κ2) is 10.6. The summed E-state index contributed by atoms with van der Waals surface area (Å²) in [5, 5.41) is 12.2. The van der Waals surface area contributed by atoms with E-state index < -0.39 is 35.6 Å². The lowest BCUT2D eigenvalue weighted by molar-refractivity contribution is -0.154. The van der Waals surface area contributed by atoms with Crippen molar-refractivity contribution in [3.8, 4) is 0 Å². The van der Waals surface area contributed by atoms with Crippen LogP contribution in [-0.4, -0.2) is 114 Å². The number of nitrogens with zero attached hydrogens (tertiary/aromatic N) is 2. The van der Waals surface area contributed by atoms with Crippen LogP contribution in [0.15, 0.2) is 0 Å². The van der Waals surface area contributed by atoms with E-state index in [4.69, 9.17) is 14.2 Å². The summed E-state index contributed by atoms with van der Waals surface area (Å²) in [6.07, 6.45) is 1.07. The standard InChI is InChI=1S/C22H34BrN3O7/c1-2-32-21(30)15-16-20(29)26(6-3-4-10-27)18(22(16)13-14(23)17(15)33-22)19(28)24-5-7-25-8-11-31-12-9-25/h14-18,27H,2-13H2,1H3,(H,24,28)/t14?,15-,16+,17-,18-,22+/m1/s1. The molecule has 4 saturated heterocycles. The number of rotatable bonds is 10. The van der Waals surface area contributed by atoms with Crippen LogP contribution in [0.4, 0.5) is 0 Å². The molecule has 186 valence electrons. The number of alkyl halides is 1. The predicted molar refractivity (Wildman–Crippen MR) is 121 cm³/mol. The number of ether oxygens (including phenoxy) is 3. The fourth-order valence-corrected chi connectivity index (χ4v) is 6.77. The van der Waals surface area contributed by atoms with Gasteiger partial charge in [-0.1, -0.05) is 15.9 Å². The number of likely N-dealkylation sites (tertiary alicyclic amines) is 1. The molecule has 4 aliphatic heterocycles. The van der Waals surface area contributed by atoms with E-state index in [9.17, 15) is 19.5 Å². The number of hydrogen-bond acceptors (Lipinski definition) is 8. The van der Waals surface area contributed by atoms with Crippen LogP contribution in [0, 0.1) is 11.8 Å². The molecule has 0 saturated carbocycles. The number of hydrogen-bond donors (Lipinski definition) is 2. The zero-order chi connectivity index (χ0) is 23.6. The van der Waals surface area contributed by atoms with Crippen molar-refractivity contribution in [2.45, 2.75) is 48.8 Å². The summed E-state index contributed by atoms with van der Waals surface area (Å²) >= 11 is 3.63. The summed E-state index contributed by atoms with van der Waals surface area (Å²) < 4.78 is 17.0. The third kappa shape index (κ3) is 4.54. The lowest BCUT2D eigenvalue weighted by Crippen LogP contribution is -2.56. The summed E-state index contributed by atoms with van der Waals surface area (Å²) in [4.78, 5) is 43.6. The number of nitrogens with one attached hydrogen (secondary N) is 1. The molecule has 2 amide bonds. The maximum atomic E-state index is 13.6. The minimum atomic E-state index is -1.06. The molecule has 4 rings (SSSR count). The smallest absolute Gasteiger partial charge is 0.312 e. The van der Waals surface area contributed by atoms with Gasteiger partial charge in [0.15, 0.2) is 0 Å². The summed E-state index contributed by atoms with van der Waals surface area (Å²) in [5.74, 6) is -2.41. The molecular formula is C22H34BrN3O7. The van der Waals surface area contributed by atoms with Gasteiger partial charge in [-0.3, -0.25) is 19.3 Å². The zero-order valence-electron chi connectivity index (χ0n) is 19.0. The minimum absolute atomic E-state index is 0.0144. The fourth-order valence-electron chi connectivity index (χ4n) is 5.83. The molecule has 0 radical (unpaired) electrons. The average molecular weight is 532 g/mol. The quantitative estimate of drug-likeness (QED) is 0.220. The van der Waals surface area contributed by atoms with Crippen molar-refractivity contribution in [3.05, 3.63) is 0 Å². The van der Waals surface area contributed by atoms with Crippen LogP contribution in [0.1, 0.15) is 26.2 Å². The van der Waals surface area contributed by atoms with Gasteiger partial charge < -0.3 is 29.5 Å². The normalized spacial score (nSPS) is 35.7. The second-order valence-electron chi connectivity index (χ2n) is 9.12. The van der Waals surface area contributed by atoms with Crippen molar-refractivity contribution in [1.29, 1.82) is 0 Å². The molecule has 4 fully saturated rings. The molecular weight excluding hydrogens is 498 g/mol. The van der Waals surface area contributed by atoms with Gasteiger partial charge in [-0.25, -0.2) is 0 Å². The van der Waals surface area contributed by atoms with E-state index in [0.29, 0.717) is 52.1 Å². The summed E-state index contributed by atoms with van der Waals surface area (Å²) in [6, 6.07) is -0.817.